The minimum Gasteiger partial charge on any atom is -0.462 e. The predicted octanol–water partition coefficient (Wildman–Crippen LogP) is 1.45. The molecule has 0 spiro atoms. The Balaban J connectivity index is 3.27. The van der Waals surface area contributed by atoms with Crippen molar-refractivity contribution in [2.45, 2.75) is 13.8 Å². The summed E-state index contributed by atoms with van der Waals surface area (Å²) in [4.78, 5) is 33.8. The van der Waals surface area contributed by atoms with Crippen LogP contribution in [-0.2, 0) is 9.47 Å². The number of carbonyl (C=O) groups is 3. The fourth-order valence-corrected chi connectivity index (χ4v) is 1.11. The molecule has 0 amide bonds. The molecule has 0 saturated carbocycles. The molecule has 1 rings (SSSR count). The van der Waals surface area contributed by atoms with E-state index in [1.807, 2.05) is 0 Å². The van der Waals surface area contributed by atoms with E-state index in [1.54, 1.807) is 13.8 Å². The van der Waals surface area contributed by atoms with Gasteiger partial charge >= 0.3 is 11.9 Å². The number of carbonyl (C=O) groups excluding carboxylic acids is 3. The third-order valence-electron chi connectivity index (χ3n) is 1.73. The van der Waals surface area contributed by atoms with Crippen molar-refractivity contribution < 1.29 is 29.6 Å². The molecule has 0 aliphatic carbocycles. The zero-order chi connectivity index (χ0) is 13.7. The van der Waals surface area contributed by atoms with Crippen molar-refractivity contribution >= 4 is 18.2 Å². The van der Waals surface area contributed by atoms with Crippen LogP contribution >= 0.6 is 0 Å². The van der Waals surface area contributed by atoms with Crippen molar-refractivity contribution in [3.05, 3.63) is 23.1 Å². The third-order valence-corrected chi connectivity index (χ3v) is 1.73. The van der Waals surface area contributed by atoms with Gasteiger partial charge in [0.1, 0.15) is 5.56 Å². The van der Waals surface area contributed by atoms with E-state index < -0.39 is 35.1 Å². The monoisotopic (exact) mass is 241 g/mol. The summed E-state index contributed by atoms with van der Waals surface area (Å²) >= 11 is 0. The Morgan fingerprint density at radius 1 is 1.35 bits per heavy atom. The fraction of sp³-hybridized carbons (Fsp3) is 0.364. The topological polar surface area (TPSA) is 82.8 Å². The van der Waals surface area contributed by atoms with Crippen LogP contribution in [0.1, 0.15) is 46.7 Å². The lowest BCUT2D eigenvalue weighted by atomic mass is 10.2. The first-order valence-electron chi connectivity index (χ1n) is 5.49. The van der Waals surface area contributed by atoms with Crippen LogP contribution in [0.25, 0.3) is 0 Å². The minimum atomic E-state index is -0.915. The molecule has 0 fully saturated rings. The number of ether oxygens (including phenoxy) is 2. The second-order valence-corrected chi connectivity index (χ2v) is 2.85. The zero-order valence-electron chi connectivity index (χ0n) is 10.4. The zero-order valence-corrected chi connectivity index (χ0v) is 9.44. The highest BCUT2D eigenvalue weighted by atomic mass is 16.5. The van der Waals surface area contributed by atoms with Crippen LogP contribution < -0.4 is 0 Å². The SMILES string of the molecule is [2H]c1c(C=O)oc(C(=O)OCC)c1C(=O)OCC. The lowest BCUT2D eigenvalue weighted by molar-refractivity contribution is 0.0451. The summed E-state index contributed by atoms with van der Waals surface area (Å²) in [6.07, 6.45) is 0.244. The van der Waals surface area contributed by atoms with Crippen LogP contribution in [0.4, 0.5) is 0 Å². The van der Waals surface area contributed by atoms with Gasteiger partial charge in [0.05, 0.1) is 14.6 Å². The van der Waals surface area contributed by atoms with Crippen LogP contribution in [0.3, 0.4) is 0 Å². The molecule has 6 nitrogen and oxygen atoms in total. The molecular weight excluding hydrogens is 228 g/mol. The maximum Gasteiger partial charge on any atom is 0.375 e. The molecule has 0 radical (unpaired) electrons. The average Bonchev–Trinajstić information content (AvgIpc) is 2.67. The smallest absolute Gasteiger partial charge is 0.375 e. The Hall–Kier alpha value is -2.11. The Bertz CT molecular complexity index is 476. The maximum absolute atomic E-state index is 11.6. The first-order valence-corrected chi connectivity index (χ1v) is 4.99. The third kappa shape index (κ3) is 2.93. The van der Waals surface area contributed by atoms with Gasteiger partial charge in [0.2, 0.25) is 5.76 Å². The van der Waals surface area contributed by atoms with Gasteiger partial charge < -0.3 is 13.9 Å². The number of rotatable bonds is 5. The van der Waals surface area contributed by atoms with Crippen molar-refractivity contribution in [2.75, 3.05) is 13.2 Å². The molecule has 6 heteroatoms. The number of esters is 2. The standard InChI is InChI=1S/C11H12O6/c1-3-15-10(13)8-5-7(6-12)17-9(8)11(14)16-4-2/h5-6H,3-4H2,1-2H3/i5D. The summed E-state index contributed by atoms with van der Waals surface area (Å²) in [5, 5.41) is 0. The molecule has 0 aliphatic rings. The van der Waals surface area contributed by atoms with Crippen molar-refractivity contribution in [1.82, 2.24) is 0 Å². The number of furan rings is 1. The van der Waals surface area contributed by atoms with Gasteiger partial charge in [0.15, 0.2) is 12.0 Å². The number of hydrogen-bond acceptors (Lipinski definition) is 6. The molecule has 0 N–H and O–H groups in total. The maximum atomic E-state index is 11.6. The molecule has 92 valence electrons. The normalized spacial score (nSPS) is 10.6. The Kier molecular flexibility index (Phi) is 3.90. The second-order valence-electron chi connectivity index (χ2n) is 2.85. The molecule has 0 atom stereocenters. The van der Waals surface area contributed by atoms with E-state index in [4.69, 9.17) is 10.5 Å². The molecule has 17 heavy (non-hydrogen) atoms. The Labute approximate surface area is 98.9 Å². The van der Waals surface area contributed by atoms with Gasteiger partial charge in [-0.25, -0.2) is 9.59 Å². The highest BCUT2D eigenvalue weighted by Gasteiger charge is 2.25. The summed E-state index contributed by atoms with van der Waals surface area (Å²) in [6, 6.07) is -0.480. The molecule has 0 aromatic carbocycles. The number of hydrogen-bond donors (Lipinski definition) is 0. The molecule has 1 aromatic rings. The quantitative estimate of drug-likeness (QED) is 0.573. The van der Waals surface area contributed by atoms with Gasteiger partial charge in [-0.2, -0.15) is 0 Å². The van der Waals surface area contributed by atoms with E-state index in [9.17, 15) is 14.4 Å². The van der Waals surface area contributed by atoms with Crippen LogP contribution in [-0.4, -0.2) is 31.4 Å². The second kappa shape index (κ2) is 5.83. The molecule has 0 bridgehead atoms. The van der Waals surface area contributed by atoms with Crippen molar-refractivity contribution in [3.8, 4) is 0 Å². The molecule has 1 heterocycles. The summed E-state index contributed by atoms with van der Waals surface area (Å²) in [7, 11) is 0. The minimum absolute atomic E-state index is 0.0716. The lowest BCUT2D eigenvalue weighted by Crippen LogP contribution is -2.11. The Morgan fingerprint density at radius 2 is 1.94 bits per heavy atom. The van der Waals surface area contributed by atoms with Crippen molar-refractivity contribution in [3.63, 3.8) is 0 Å². The first kappa shape index (κ1) is 11.4. The predicted molar refractivity (Wildman–Crippen MR) is 56.0 cm³/mol. The molecule has 0 aliphatic heterocycles. The Morgan fingerprint density at radius 3 is 2.47 bits per heavy atom. The van der Waals surface area contributed by atoms with Gasteiger partial charge in [-0.1, -0.05) is 0 Å². The largest absolute Gasteiger partial charge is 0.462 e. The van der Waals surface area contributed by atoms with Gasteiger partial charge in [-0.15, -0.1) is 0 Å². The highest BCUT2D eigenvalue weighted by Crippen LogP contribution is 2.17. The highest BCUT2D eigenvalue weighted by molar-refractivity contribution is 6.02. The summed E-state index contributed by atoms with van der Waals surface area (Å²) in [6.45, 7) is 3.30. The summed E-state index contributed by atoms with van der Waals surface area (Å²) < 4.78 is 21.8. The van der Waals surface area contributed by atoms with Gasteiger partial charge in [0.25, 0.3) is 0 Å². The van der Waals surface area contributed by atoms with E-state index >= 15 is 0 Å². The first-order chi connectivity index (χ1) is 8.56. The lowest BCUT2D eigenvalue weighted by Gasteiger charge is -2.01. The molecular formula is C11H12O6. The molecule has 0 saturated heterocycles. The van der Waals surface area contributed by atoms with Crippen molar-refractivity contribution in [1.29, 1.82) is 0 Å². The molecule has 1 aromatic heterocycles. The van der Waals surface area contributed by atoms with E-state index in [-0.39, 0.29) is 19.5 Å². The van der Waals surface area contributed by atoms with E-state index in [0.717, 1.165) is 0 Å². The van der Waals surface area contributed by atoms with Crippen LogP contribution in [0.15, 0.2) is 10.5 Å². The molecule has 0 unspecified atom stereocenters. The van der Waals surface area contributed by atoms with E-state index in [0.29, 0.717) is 0 Å². The van der Waals surface area contributed by atoms with Gasteiger partial charge in [-0.05, 0) is 13.8 Å². The fourth-order valence-electron chi connectivity index (χ4n) is 1.11. The van der Waals surface area contributed by atoms with Gasteiger partial charge in [-0.3, -0.25) is 4.79 Å². The van der Waals surface area contributed by atoms with Gasteiger partial charge in [0, 0.05) is 6.04 Å². The summed E-state index contributed by atoms with van der Waals surface area (Å²) in [5.74, 6) is -2.71. The number of aldehydes is 1. The van der Waals surface area contributed by atoms with Crippen LogP contribution in [0, 0.1) is 0 Å². The van der Waals surface area contributed by atoms with E-state index in [2.05, 4.69) is 4.74 Å². The van der Waals surface area contributed by atoms with Crippen LogP contribution in [0.5, 0.6) is 0 Å². The van der Waals surface area contributed by atoms with Crippen LogP contribution in [0.2, 0.25) is 0 Å². The summed E-state index contributed by atoms with van der Waals surface area (Å²) in [5.41, 5.74) is -0.391. The van der Waals surface area contributed by atoms with Crippen molar-refractivity contribution in [2.24, 2.45) is 0 Å². The average molecular weight is 241 g/mol. The van der Waals surface area contributed by atoms with E-state index in [1.165, 1.54) is 0 Å².